The summed E-state index contributed by atoms with van der Waals surface area (Å²) >= 11 is 0. The molecule has 0 bridgehead atoms. The molecule has 0 amide bonds. The Hall–Kier alpha value is -2.38. The van der Waals surface area contributed by atoms with Gasteiger partial charge in [-0.3, -0.25) is 9.21 Å². The first kappa shape index (κ1) is 19.0. The minimum atomic E-state index is -3.27. The lowest BCUT2D eigenvalue weighted by Gasteiger charge is -2.18. The monoisotopic (exact) mass is 400 g/mol. The second-order valence-corrected chi connectivity index (χ2v) is 9.34. The quantitative estimate of drug-likeness (QED) is 0.722. The summed E-state index contributed by atoms with van der Waals surface area (Å²) in [5.41, 5.74) is 2.17. The number of likely N-dealkylation sites (tertiary alicyclic amines) is 1. The normalized spacial score (nSPS) is 21.7. The summed E-state index contributed by atoms with van der Waals surface area (Å²) < 4.78 is 31.3. The number of sulfonamides is 1. The number of carbonyl (C=O) groups is 1. The predicted octanol–water partition coefficient (Wildman–Crippen LogP) is 2.66. The van der Waals surface area contributed by atoms with Crippen molar-refractivity contribution >= 4 is 21.7 Å². The van der Waals surface area contributed by atoms with E-state index in [1.54, 1.807) is 24.3 Å². The Morgan fingerprint density at radius 3 is 2.64 bits per heavy atom. The SMILES string of the molecule is O=C(O[C@@H]1CCN(Cc2ccccc2)C1)c1cccc(N2CCCS2(=O)=O)c1. The molecule has 2 saturated heterocycles. The lowest BCUT2D eigenvalue weighted by atomic mass is 10.2. The maximum absolute atomic E-state index is 12.6. The lowest BCUT2D eigenvalue weighted by molar-refractivity contribution is 0.0320. The van der Waals surface area contributed by atoms with Crippen LogP contribution in [-0.2, 0) is 21.3 Å². The Morgan fingerprint density at radius 2 is 1.89 bits per heavy atom. The molecular formula is C21H24N2O4S. The molecule has 0 saturated carbocycles. The first-order valence-corrected chi connectivity index (χ1v) is 11.2. The van der Waals surface area contributed by atoms with E-state index in [1.165, 1.54) is 9.87 Å². The van der Waals surface area contributed by atoms with Gasteiger partial charge in [0.2, 0.25) is 10.0 Å². The van der Waals surface area contributed by atoms with Gasteiger partial charge in [0.1, 0.15) is 6.10 Å². The van der Waals surface area contributed by atoms with Crippen molar-refractivity contribution in [2.75, 3.05) is 29.7 Å². The number of benzene rings is 2. The summed E-state index contributed by atoms with van der Waals surface area (Å²) in [6, 6.07) is 16.9. The minimum absolute atomic E-state index is 0.143. The van der Waals surface area contributed by atoms with Gasteiger partial charge in [-0.2, -0.15) is 0 Å². The third-order valence-corrected chi connectivity index (χ3v) is 7.09. The smallest absolute Gasteiger partial charge is 0.338 e. The van der Waals surface area contributed by atoms with E-state index in [0.29, 0.717) is 30.8 Å². The fourth-order valence-corrected chi connectivity index (χ4v) is 5.37. The Balaban J connectivity index is 1.37. The number of hydrogen-bond donors (Lipinski definition) is 0. The Labute approximate surface area is 165 Å². The Morgan fingerprint density at radius 1 is 1.07 bits per heavy atom. The highest BCUT2D eigenvalue weighted by molar-refractivity contribution is 7.93. The molecule has 0 aromatic heterocycles. The molecule has 7 heteroatoms. The van der Waals surface area contributed by atoms with Gasteiger partial charge in [-0.1, -0.05) is 36.4 Å². The van der Waals surface area contributed by atoms with E-state index in [9.17, 15) is 13.2 Å². The van der Waals surface area contributed by atoms with Crippen LogP contribution in [0.5, 0.6) is 0 Å². The molecule has 0 aliphatic carbocycles. The van der Waals surface area contributed by atoms with Gasteiger partial charge in [0.15, 0.2) is 0 Å². The van der Waals surface area contributed by atoms with Crippen molar-refractivity contribution < 1.29 is 17.9 Å². The standard InChI is InChI=1S/C21H24N2O4S/c24-21(18-8-4-9-19(14-18)23-11-5-13-28(23,25)26)27-20-10-12-22(16-20)15-17-6-2-1-3-7-17/h1-4,6-9,14,20H,5,10-13,15-16H2/t20-/m1/s1. The molecule has 2 heterocycles. The minimum Gasteiger partial charge on any atom is -0.457 e. The topological polar surface area (TPSA) is 66.9 Å². The Kier molecular flexibility index (Phi) is 5.37. The van der Waals surface area contributed by atoms with Gasteiger partial charge in [0, 0.05) is 26.2 Å². The van der Waals surface area contributed by atoms with Crippen LogP contribution in [0, 0.1) is 0 Å². The van der Waals surface area contributed by atoms with E-state index < -0.39 is 16.0 Å². The van der Waals surface area contributed by atoms with E-state index in [1.807, 2.05) is 18.2 Å². The second-order valence-electron chi connectivity index (χ2n) is 7.33. The molecule has 2 aliphatic heterocycles. The second kappa shape index (κ2) is 7.93. The molecule has 4 rings (SSSR count). The summed E-state index contributed by atoms with van der Waals surface area (Å²) in [5.74, 6) is -0.244. The maximum Gasteiger partial charge on any atom is 0.338 e. The van der Waals surface area contributed by atoms with Crippen LogP contribution in [0.15, 0.2) is 54.6 Å². The van der Waals surface area contributed by atoms with Crippen molar-refractivity contribution in [3.05, 3.63) is 65.7 Å². The predicted molar refractivity (Wildman–Crippen MR) is 108 cm³/mol. The molecule has 2 aromatic carbocycles. The van der Waals surface area contributed by atoms with Crippen molar-refractivity contribution in [1.29, 1.82) is 0 Å². The third kappa shape index (κ3) is 4.20. The molecule has 148 valence electrons. The van der Waals surface area contributed by atoms with Crippen molar-refractivity contribution in [2.24, 2.45) is 0 Å². The number of rotatable bonds is 5. The van der Waals surface area contributed by atoms with Crippen LogP contribution in [-0.4, -0.2) is 50.8 Å². The molecule has 2 aromatic rings. The number of anilines is 1. The number of ether oxygens (including phenoxy) is 1. The summed E-state index contributed by atoms with van der Waals surface area (Å²) in [6.45, 7) is 2.90. The van der Waals surface area contributed by atoms with E-state index in [4.69, 9.17) is 4.74 Å². The summed E-state index contributed by atoms with van der Waals surface area (Å²) in [4.78, 5) is 14.9. The maximum atomic E-state index is 12.6. The summed E-state index contributed by atoms with van der Waals surface area (Å²) in [5, 5.41) is 0. The zero-order chi connectivity index (χ0) is 19.6. The zero-order valence-corrected chi connectivity index (χ0v) is 16.5. The Bertz CT molecular complexity index is 946. The molecule has 0 N–H and O–H groups in total. The van der Waals surface area contributed by atoms with Crippen LogP contribution < -0.4 is 4.31 Å². The zero-order valence-electron chi connectivity index (χ0n) is 15.7. The first-order chi connectivity index (χ1) is 13.5. The van der Waals surface area contributed by atoms with Gasteiger partial charge in [0.05, 0.1) is 17.0 Å². The fourth-order valence-electron chi connectivity index (χ4n) is 3.82. The number of esters is 1. The average molecular weight is 401 g/mol. The van der Waals surface area contributed by atoms with E-state index >= 15 is 0 Å². The van der Waals surface area contributed by atoms with Crippen LogP contribution >= 0.6 is 0 Å². The van der Waals surface area contributed by atoms with Crippen molar-refractivity contribution in [3.63, 3.8) is 0 Å². The fraction of sp³-hybridized carbons (Fsp3) is 0.381. The largest absolute Gasteiger partial charge is 0.457 e. The summed E-state index contributed by atoms with van der Waals surface area (Å²) in [6.07, 6.45) is 1.27. The molecule has 2 fully saturated rings. The first-order valence-electron chi connectivity index (χ1n) is 9.59. The van der Waals surface area contributed by atoms with Crippen LogP contribution in [0.1, 0.15) is 28.8 Å². The molecule has 0 radical (unpaired) electrons. The van der Waals surface area contributed by atoms with Crippen molar-refractivity contribution in [2.45, 2.75) is 25.5 Å². The van der Waals surface area contributed by atoms with E-state index in [0.717, 1.165) is 19.5 Å². The lowest BCUT2D eigenvalue weighted by Crippen LogP contribution is -2.26. The van der Waals surface area contributed by atoms with Gasteiger partial charge < -0.3 is 4.74 Å². The highest BCUT2D eigenvalue weighted by atomic mass is 32.2. The molecule has 0 unspecified atom stereocenters. The number of hydrogen-bond acceptors (Lipinski definition) is 5. The number of nitrogens with zero attached hydrogens (tertiary/aromatic N) is 2. The van der Waals surface area contributed by atoms with Crippen molar-refractivity contribution in [1.82, 2.24) is 4.90 Å². The van der Waals surface area contributed by atoms with Gasteiger partial charge in [-0.25, -0.2) is 13.2 Å². The van der Waals surface area contributed by atoms with E-state index in [-0.39, 0.29) is 11.9 Å². The highest BCUT2D eigenvalue weighted by Gasteiger charge is 2.30. The van der Waals surface area contributed by atoms with Crippen molar-refractivity contribution in [3.8, 4) is 0 Å². The molecule has 28 heavy (non-hydrogen) atoms. The molecule has 1 atom stereocenters. The molecule has 2 aliphatic rings. The molecular weight excluding hydrogens is 376 g/mol. The molecule has 0 spiro atoms. The van der Waals surface area contributed by atoms with E-state index in [2.05, 4.69) is 17.0 Å². The van der Waals surface area contributed by atoms with Crippen LogP contribution in [0.4, 0.5) is 5.69 Å². The average Bonchev–Trinajstić information content (AvgIpc) is 3.28. The summed E-state index contributed by atoms with van der Waals surface area (Å²) in [7, 11) is -3.27. The van der Waals surface area contributed by atoms with Gasteiger partial charge in [-0.15, -0.1) is 0 Å². The van der Waals surface area contributed by atoms with Gasteiger partial charge in [0.25, 0.3) is 0 Å². The van der Waals surface area contributed by atoms with Gasteiger partial charge in [-0.05, 0) is 36.6 Å². The third-order valence-electron chi connectivity index (χ3n) is 5.22. The number of carbonyl (C=O) groups excluding carboxylic acids is 1. The van der Waals surface area contributed by atoms with Crippen LogP contribution in [0.25, 0.3) is 0 Å². The molecule has 6 nitrogen and oxygen atoms in total. The van der Waals surface area contributed by atoms with Crippen LogP contribution in [0.3, 0.4) is 0 Å². The highest BCUT2D eigenvalue weighted by Crippen LogP contribution is 2.25. The van der Waals surface area contributed by atoms with Gasteiger partial charge >= 0.3 is 5.97 Å². The van der Waals surface area contributed by atoms with Crippen LogP contribution in [0.2, 0.25) is 0 Å².